The molecular weight excluding hydrogens is 358 g/mol. The third kappa shape index (κ3) is 5.45. The van der Waals surface area contributed by atoms with Gasteiger partial charge in [0.25, 0.3) is 5.22 Å². The van der Waals surface area contributed by atoms with E-state index in [0.29, 0.717) is 17.7 Å². The van der Waals surface area contributed by atoms with Crippen LogP contribution in [0.3, 0.4) is 0 Å². The number of nitrogens with zero attached hydrogens (tertiary/aromatic N) is 2. The van der Waals surface area contributed by atoms with Crippen LogP contribution in [0.25, 0.3) is 11.5 Å². The lowest BCUT2D eigenvalue weighted by Crippen LogP contribution is -2.31. The molecule has 1 N–H and O–H groups in total. The van der Waals surface area contributed by atoms with Gasteiger partial charge >= 0.3 is 0 Å². The average Bonchev–Trinajstić information content (AvgIpc) is 3.13. The molecule has 0 saturated heterocycles. The molecule has 6 heteroatoms. The number of carbonyl (C=O) groups excluding carboxylic acids is 1. The fourth-order valence-corrected chi connectivity index (χ4v) is 3.78. The number of aryl methyl sites for hydroxylation is 2. The van der Waals surface area contributed by atoms with Crippen molar-refractivity contribution in [1.29, 1.82) is 0 Å². The summed E-state index contributed by atoms with van der Waals surface area (Å²) >= 11 is 1.29. The highest BCUT2D eigenvalue weighted by atomic mass is 32.2. The molecular formula is C21H27N3O2S. The number of hydrogen-bond donors (Lipinski definition) is 1. The number of carbonyl (C=O) groups is 1. The summed E-state index contributed by atoms with van der Waals surface area (Å²) in [7, 11) is 0. The third-order valence-corrected chi connectivity index (χ3v) is 5.87. The van der Waals surface area contributed by atoms with E-state index >= 15 is 0 Å². The molecule has 0 unspecified atom stereocenters. The topological polar surface area (TPSA) is 68.0 Å². The van der Waals surface area contributed by atoms with Crippen molar-refractivity contribution in [2.75, 3.05) is 6.54 Å². The van der Waals surface area contributed by atoms with Gasteiger partial charge in [-0.15, -0.1) is 10.2 Å². The molecule has 0 saturated carbocycles. The number of benzene rings is 1. The Hall–Kier alpha value is -2.08. The lowest BCUT2D eigenvalue weighted by Gasteiger charge is -2.14. The third-order valence-electron chi connectivity index (χ3n) is 4.94. The maximum atomic E-state index is 12.3. The van der Waals surface area contributed by atoms with Gasteiger partial charge in [-0.05, 0) is 76.1 Å². The van der Waals surface area contributed by atoms with E-state index in [0.717, 1.165) is 12.0 Å². The summed E-state index contributed by atoms with van der Waals surface area (Å²) in [5.41, 5.74) is 4.77. The zero-order valence-corrected chi connectivity index (χ0v) is 17.1. The van der Waals surface area contributed by atoms with Crippen molar-refractivity contribution >= 4 is 17.7 Å². The molecule has 27 heavy (non-hydrogen) atoms. The number of thioether (sulfide) groups is 1. The van der Waals surface area contributed by atoms with Crippen LogP contribution in [-0.2, 0) is 4.79 Å². The molecule has 1 amide bonds. The van der Waals surface area contributed by atoms with Crippen LogP contribution < -0.4 is 5.32 Å². The molecule has 0 fully saturated rings. The van der Waals surface area contributed by atoms with Crippen LogP contribution in [0.4, 0.5) is 0 Å². The maximum Gasteiger partial charge on any atom is 0.277 e. The van der Waals surface area contributed by atoms with Crippen molar-refractivity contribution in [1.82, 2.24) is 15.5 Å². The van der Waals surface area contributed by atoms with Gasteiger partial charge in [0, 0.05) is 12.1 Å². The molecule has 1 aliphatic rings. The summed E-state index contributed by atoms with van der Waals surface area (Å²) < 4.78 is 5.74. The Bertz CT molecular complexity index is 829. The molecule has 0 radical (unpaired) electrons. The van der Waals surface area contributed by atoms with Crippen molar-refractivity contribution in [3.05, 3.63) is 41.0 Å². The monoisotopic (exact) mass is 385 g/mol. The van der Waals surface area contributed by atoms with Gasteiger partial charge in [-0.2, -0.15) is 0 Å². The van der Waals surface area contributed by atoms with Crippen LogP contribution >= 0.6 is 11.8 Å². The van der Waals surface area contributed by atoms with Gasteiger partial charge in [0.15, 0.2) is 0 Å². The van der Waals surface area contributed by atoms with E-state index in [4.69, 9.17) is 4.42 Å². The van der Waals surface area contributed by atoms with E-state index in [1.165, 1.54) is 54.1 Å². The smallest absolute Gasteiger partial charge is 0.277 e. The van der Waals surface area contributed by atoms with Crippen molar-refractivity contribution in [3.8, 4) is 11.5 Å². The molecule has 1 aliphatic carbocycles. The molecule has 1 aromatic carbocycles. The largest absolute Gasteiger partial charge is 0.411 e. The molecule has 1 aromatic heterocycles. The van der Waals surface area contributed by atoms with Gasteiger partial charge in [0.05, 0.1) is 5.25 Å². The van der Waals surface area contributed by atoms with Crippen LogP contribution in [0, 0.1) is 13.8 Å². The zero-order chi connectivity index (χ0) is 19.2. The summed E-state index contributed by atoms with van der Waals surface area (Å²) in [6.07, 6.45) is 8.17. The Morgan fingerprint density at radius 1 is 1.26 bits per heavy atom. The second-order valence-corrected chi connectivity index (χ2v) is 8.37. The number of hydrogen-bond acceptors (Lipinski definition) is 5. The van der Waals surface area contributed by atoms with Gasteiger partial charge in [0.2, 0.25) is 11.8 Å². The second kappa shape index (κ2) is 9.22. The van der Waals surface area contributed by atoms with Gasteiger partial charge < -0.3 is 9.73 Å². The van der Waals surface area contributed by atoms with E-state index in [9.17, 15) is 4.79 Å². The maximum absolute atomic E-state index is 12.3. The molecule has 2 aromatic rings. The molecule has 0 spiro atoms. The molecule has 144 valence electrons. The van der Waals surface area contributed by atoms with Gasteiger partial charge in [-0.1, -0.05) is 29.5 Å². The molecule has 1 heterocycles. The van der Waals surface area contributed by atoms with E-state index in [1.807, 2.05) is 25.1 Å². The summed E-state index contributed by atoms with van der Waals surface area (Å²) in [6.45, 7) is 6.67. The van der Waals surface area contributed by atoms with Crippen molar-refractivity contribution in [2.24, 2.45) is 0 Å². The van der Waals surface area contributed by atoms with Crippen LogP contribution in [0.15, 0.2) is 39.5 Å². The zero-order valence-electron chi connectivity index (χ0n) is 16.2. The number of rotatable bonds is 7. The predicted octanol–water partition coefficient (Wildman–Crippen LogP) is 4.84. The number of amides is 1. The summed E-state index contributed by atoms with van der Waals surface area (Å²) in [6, 6.07) is 6.05. The first-order chi connectivity index (χ1) is 13.0. The van der Waals surface area contributed by atoms with E-state index in [1.54, 1.807) is 0 Å². The van der Waals surface area contributed by atoms with Crippen LogP contribution in [-0.4, -0.2) is 27.9 Å². The Morgan fingerprint density at radius 2 is 2.11 bits per heavy atom. The number of nitrogens with one attached hydrogen (secondary N) is 1. The minimum atomic E-state index is -0.279. The molecule has 0 aliphatic heterocycles. The quantitative estimate of drug-likeness (QED) is 0.545. The molecule has 5 nitrogen and oxygen atoms in total. The fraction of sp³-hybridized carbons (Fsp3) is 0.476. The Labute approximate surface area is 165 Å². The van der Waals surface area contributed by atoms with Crippen molar-refractivity contribution < 1.29 is 9.21 Å². The molecule has 1 atom stereocenters. The first kappa shape index (κ1) is 19.7. The van der Waals surface area contributed by atoms with Crippen molar-refractivity contribution in [3.63, 3.8) is 0 Å². The predicted molar refractivity (Wildman–Crippen MR) is 109 cm³/mol. The van der Waals surface area contributed by atoms with E-state index < -0.39 is 0 Å². The standard InChI is InChI=1S/C21H27N3O2S/c1-14-9-10-18(13-15(14)2)20-23-24-21(26-20)27-16(3)19(25)22-12-11-17-7-5-4-6-8-17/h7,9-10,13,16H,4-6,8,11-12H2,1-3H3,(H,22,25)/t16-/m1/s1. The summed E-state index contributed by atoms with van der Waals surface area (Å²) in [5.74, 6) is 0.486. The lowest BCUT2D eigenvalue weighted by atomic mass is 9.97. The highest BCUT2D eigenvalue weighted by Gasteiger charge is 2.18. The first-order valence-electron chi connectivity index (χ1n) is 9.56. The van der Waals surface area contributed by atoms with Gasteiger partial charge in [-0.25, -0.2) is 0 Å². The highest BCUT2D eigenvalue weighted by molar-refractivity contribution is 8.00. The van der Waals surface area contributed by atoms with Crippen LogP contribution in [0.1, 0.15) is 50.2 Å². The Morgan fingerprint density at radius 3 is 2.85 bits per heavy atom. The minimum Gasteiger partial charge on any atom is -0.411 e. The first-order valence-corrected chi connectivity index (χ1v) is 10.4. The van der Waals surface area contributed by atoms with E-state index in [-0.39, 0.29) is 11.2 Å². The SMILES string of the molecule is Cc1ccc(-c2nnc(S[C@H](C)C(=O)NCCC3=CCCCC3)o2)cc1C. The van der Waals surface area contributed by atoms with Gasteiger partial charge in [0.1, 0.15) is 0 Å². The molecule has 3 rings (SSSR count). The fourth-order valence-electron chi connectivity index (χ4n) is 3.07. The minimum absolute atomic E-state index is 0.00217. The van der Waals surface area contributed by atoms with E-state index in [2.05, 4.69) is 35.4 Å². The van der Waals surface area contributed by atoms with Crippen molar-refractivity contribution in [2.45, 2.75) is 63.3 Å². The Kier molecular flexibility index (Phi) is 6.72. The Balaban J connectivity index is 1.50. The number of allylic oxidation sites excluding steroid dienone is 1. The van der Waals surface area contributed by atoms with Crippen LogP contribution in [0.5, 0.6) is 0 Å². The highest BCUT2D eigenvalue weighted by Crippen LogP contribution is 2.27. The summed E-state index contributed by atoms with van der Waals surface area (Å²) in [4.78, 5) is 12.3. The number of aromatic nitrogens is 2. The normalized spacial score (nSPS) is 15.3. The lowest BCUT2D eigenvalue weighted by molar-refractivity contribution is -0.120. The van der Waals surface area contributed by atoms with Gasteiger partial charge in [-0.3, -0.25) is 4.79 Å². The van der Waals surface area contributed by atoms with Crippen LogP contribution in [0.2, 0.25) is 0 Å². The second-order valence-electron chi connectivity index (χ2n) is 7.08. The molecule has 0 bridgehead atoms. The average molecular weight is 386 g/mol. The summed E-state index contributed by atoms with van der Waals surface area (Å²) in [5, 5.41) is 11.3.